The van der Waals surface area contributed by atoms with E-state index in [4.69, 9.17) is 0 Å². The van der Waals surface area contributed by atoms with E-state index >= 15 is 0 Å². The average Bonchev–Trinajstić information content (AvgIpc) is 1.87. The quantitative estimate of drug-likeness (QED) is 0.328. The molecule has 0 bridgehead atoms. The zero-order valence-electron chi connectivity index (χ0n) is 6.14. The average molecular weight is 164 g/mol. The number of hydrogen-bond donors (Lipinski definition) is 0. The van der Waals surface area contributed by atoms with Gasteiger partial charge in [0, 0.05) is 7.11 Å². The van der Waals surface area contributed by atoms with Crippen molar-refractivity contribution in [3.63, 3.8) is 0 Å². The number of rotatable bonds is 4. The molecular formula is C4H8N2O5. The van der Waals surface area contributed by atoms with Gasteiger partial charge >= 0.3 is 5.66 Å². The van der Waals surface area contributed by atoms with Gasteiger partial charge < -0.3 is 4.74 Å². The summed E-state index contributed by atoms with van der Waals surface area (Å²) < 4.78 is 4.35. The molecule has 11 heavy (non-hydrogen) atoms. The first-order valence-electron chi connectivity index (χ1n) is 2.73. The van der Waals surface area contributed by atoms with Crippen molar-refractivity contribution in [3.05, 3.63) is 20.2 Å². The highest BCUT2D eigenvalue weighted by Crippen LogP contribution is 2.09. The van der Waals surface area contributed by atoms with E-state index in [0.717, 1.165) is 6.92 Å². The standard InChI is InChI=1S/C4H8N2O5/c1-4(3-11-2,5(7)8)6(9)10/h3H2,1-2H3. The van der Waals surface area contributed by atoms with Crippen molar-refractivity contribution in [2.24, 2.45) is 0 Å². The smallest absolute Gasteiger partial charge is 0.370 e. The highest BCUT2D eigenvalue weighted by Gasteiger charge is 2.50. The molecule has 0 unspecified atom stereocenters. The van der Waals surface area contributed by atoms with Gasteiger partial charge in [-0.25, -0.2) is 0 Å². The van der Waals surface area contributed by atoms with Gasteiger partial charge in [0.2, 0.25) is 0 Å². The van der Waals surface area contributed by atoms with Crippen LogP contribution >= 0.6 is 0 Å². The Morgan fingerprint density at radius 2 is 1.73 bits per heavy atom. The lowest BCUT2D eigenvalue weighted by Gasteiger charge is -2.10. The number of hydrogen-bond acceptors (Lipinski definition) is 5. The highest BCUT2D eigenvalue weighted by molar-refractivity contribution is 4.56. The molecule has 0 N–H and O–H groups in total. The third-order valence-electron chi connectivity index (χ3n) is 1.20. The van der Waals surface area contributed by atoms with Gasteiger partial charge in [-0.15, -0.1) is 0 Å². The van der Waals surface area contributed by atoms with Crippen LogP contribution in [0.5, 0.6) is 0 Å². The highest BCUT2D eigenvalue weighted by atomic mass is 16.7. The number of nitrogens with zero attached hydrogens (tertiary/aromatic N) is 2. The molecule has 0 aliphatic carbocycles. The molecule has 7 heteroatoms. The molecule has 0 atom stereocenters. The van der Waals surface area contributed by atoms with Crippen molar-refractivity contribution in [2.75, 3.05) is 13.7 Å². The van der Waals surface area contributed by atoms with Gasteiger partial charge in [-0.2, -0.15) is 0 Å². The Morgan fingerprint density at radius 3 is 1.82 bits per heavy atom. The Balaban J connectivity index is 4.52. The van der Waals surface area contributed by atoms with Crippen LogP contribution in [0.2, 0.25) is 0 Å². The molecule has 0 aromatic carbocycles. The molecule has 0 heterocycles. The molecule has 7 nitrogen and oxygen atoms in total. The molecule has 64 valence electrons. The Labute approximate surface area is 62.3 Å². The zero-order valence-corrected chi connectivity index (χ0v) is 6.14. The fraction of sp³-hybridized carbons (Fsp3) is 1.00. The Bertz CT molecular complexity index is 165. The van der Waals surface area contributed by atoms with E-state index in [1.165, 1.54) is 7.11 Å². The third kappa shape index (κ3) is 1.84. The summed E-state index contributed by atoms with van der Waals surface area (Å²) in [6.45, 7) is 0.365. The van der Waals surface area contributed by atoms with Crippen LogP contribution in [0, 0.1) is 20.2 Å². The van der Waals surface area contributed by atoms with E-state index < -0.39 is 22.1 Å². The number of ether oxygens (including phenoxy) is 1. The largest absolute Gasteiger partial charge is 0.478 e. The molecule has 0 spiro atoms. The van der Waals surface area contributed by atoms with Crippen molar-refractivity contribution in [2.45, 2.75) is 12.6 Å². The molecular weight excluding hydrogens is 156 g/mol. The van der Waals surface area contributed by atoms with Crippen LogP contribution in [0.1, 0.15) is 6.92 Å². The summed E-state index contributed by atoms with van der Waals surface area (Å²) in [5, 5.41) is 20.3. The minimum absolute atomic E-state index is 0.535. The number of nitro groups is 2. The topological polar surface area (TPSA) is 95.5 Å². The molecule has 0 radical (unpaired) electrons. The lowest BCUT2D eigenvalue weighted by Crippen LogP contribution is -2.47. The van der Waals surface area contributed by atoms with Gasteiger partial charge in [0.1, 0.15) is 9.85 Å². The second kappa shape index (κ2) is 3.24. The molecule has 0 saturated heterocycles. The molecule has 0 aliphatic heterocycles. The fourth-order valence-electron chi connectivity index (χ4n) is 0.446. The zero-order chi connectivity index (χ0) is 9.07. The second-order valence-electron chi connectivity index (χ2n) is 2.16. The first-order valence-corrected chi connectivity index (χ1v) is 2.73. The summed E-state index contributed by atoms with van der Waals surface area (Å²) in [6, 6.07) is 0. The first-order chi connectivity index (χ1) is 4.95. The molecule has 0 saturated carbocycles. The number of methoxy groups -OCH3 is 1. The molecule has 0 amide bonds. The maximum Gasteiger partial charge on any atom is 0.478 e. The summed E-state index contributed by atoms with van der Waals surface area (Å²) in [7, 11) is 1.17. The van der Waals surface area contributed by atoms with Crippen LogP contribution < -0.4 is 0 Å². The van der Waals surface area contributed by atoms with Gasteiger partial charge in [-0.1, -0.05) is 0 Å². The lowest BCUT2D eigenvalue weighted by molar-refractivity contribution is -0.793. The van der Waals surface area contributed by atoms with Gasteiger partial charge in [0.15, 0.2) is 6.61 Å². The van der Waals surface area contributed by atoms with E-state index in [1.807, 2.05) is 0 Å². The van der Waals surface area contributed by atoms with E-state index in [2.05, 4.69) is 4.74 Å². The van der Waals surface area contributed by atoms with Crippen molar-refractivity contribution < 1.29 is 14.6 Å². The Morgan fingerprint density at radius 1 is 1.36 bits per heavy atom. The van der Waals surface area contributed by atoms with Crippen molar-refractivity contribution in [1.29, 1.82) is 0 Å². The van der Waals surface area contributed by atoms with Gasteiger partial charge in [0.05, 0.1) is 6.92 Å². The van der Waals surface area contributed by atoms with Crippen molar-refractivity contribution in [3.8, 4) is 0 Å². The van der Waals surface area contributed by atoms with Crippen LogP contribution in [0.3, 0.4) is 0 Å². The third-order valence-corrected chi connectivity index (χ3v) is 1.20. The lowest BCUT2D eigenvalue weighted by atomic mass is 10.2. The minimum Gasteiger partial charge on any atom is -0.370 e. The molecule has 0 rings (SSSR count). The van der Waals surface area contributed by atoms with E-state index in [1.54, 1.807) is 0 Å². The summed E-state index contributed by atoms with van der Waals surface area (Å²) in [6.07, 6.45) is 0. The van der Waals surface area contributed by atoms with Gasteiger partial charge in [0.25, 0.3) is 0 Å². The fourth-order valence-corrected chi connectivity index (χ4v) is 0.446. The van der Waals surface area contributed by atoms with E-state index in [-0.39, 0.29) is 0 Å². The monoisotopic (exact) mass is 164 g/mol. The molecule has 0 aliphatic rings. The van der Waals surface area contributed by atoms with Gasteiger partial charge in [-0.05, 0) is 0 Å². The summed E-state index contributed by atoms with van der Waals surface area (Å²) in [4.78, 5) is 18.3. The first kappa shape index (κ1) is 9.76. The predicted octanol–water partition coefficient (Wildman–Crippen LogP) is -0.0976. The maximum absolute atomic E-state index is 10.1. The Hall–Kier alpha value is -1.24. The van der Waals surface area contributed by atoms with Crippen molar-refractivity contribution in [1.82, 2.24) is 0 Å². The summed E-state index contributed by atoms with van der Waals surface area (Å²) in [5.41, 5.74) is -2.23. The Kier molecular flexibility index (Phi) is 2.87. The maximum atomic E-state index is 10.1. The van der Waals surface area contributed by atoms with Crippen LogP contribution in [0.25, 0.3) is 0 Å². The summed E-state index contributed by atoms with van der Waals surface area (Å²) in [5.74, 6) is 0. The minimum atomic E-state index is -2.23. The van der Waals surface area contributed by atoms with Crippen molar-refractivity contribution >= 4 is 0 Å². The SMILES string of the molecule is COCC(C)([N+](=O)[O-])[N+](=O)[O-]. The second-order valence-corrected chi connectivity index (χ2v) is 2.16. The van der Waals surface area contributed by atoms with Gasteiger partial charge in [-0.3, -0.25) is 20.2 Å². The van der Waals surface area contributed by atoms with E-state index in [0.29, 0.717) is 0 Å². The van der Waals surface area contributed by atoms with Crippen LogP contribution in [-0.4, -0.2) is 29.2 Å². The van der Waals surface area contributed by atoms with Crippen LogP contribution in [0.15, 0.2) is 0 Å². The van der Waals surface area contributed by atoms with Crippen LogP contribution in [-0.2, 0) is 4.74 Å². The van der Waals surface area contributed by atoms with Crippen LogP contribution in [0.4, 0.5) is 0 Å². The molecule has 0 aromatic rings. The van der Waals surface area contributed by atoms with E-state index in [9.17, 15) is 20.2 Å². The normalized spacial score (nSPS) is 11.1. The predicted molar refractivity (Wildman–Crippen MR) is 34.3 cm³/mol. The summed E-state index contributed by atoms with van der Waals surface area (Å²) >= 11 is 0. The molecule has 0 aromatic heterocycles. The molecule has 0 fully saturated rings.